The molecule has 2 fully saturated rings. The highest BCUT2D eigenvalue weighted by atomic mass is 16.3. The van der Waals surface area contributed by atoms with E-state index in [9.17, 15) is 4.79 Å². The molecule has 1 atom stereocenters. The molecule has 1 saturated carbocycles. The predicted octanol–water partition coefficient (Wildman–Crippen LogP) is 3.66. The molecule has 8 heteroatoms. The number of likely N-dealkylation sites (N-methyl/N-ethyl adjacent to an activating group) is 1. The Balaban J connectivity index is 1.44. The Bertz CT molecular complexity index is 1110. The number of furan rings is 1. The van der Waals surface area contributed by atoms with E-state index in [4.69, 9.17) is 4.42 Å². The SMILES string of the molecule is CCN(CC)[C@H]1CCN(C(=O)c2cnn(-c3nccc(-c4ccc(C)o4)n3)c2C2CC2)C1. The Morgan fingerprint density at radius 3 is 2.69 bits per heavy atom. The van der Waals surface area contributed by atoms with Crippen LogP contribution < -0.4 is 0 Å². The van der Waals surface area contributed by atoms with Crippen molar-refractivity contribution in [3.8, 4) is 17.4 Å². The highest BCUT2D eigenvalue weighted by Crippen LogP contribution is 2.42. The monoisotopic (exact) mass is 434 g/mol. The Hall–Kier alpha value is -3.00. The van der Waals surface area contributed by atoms with Crippen LogP contribution in [0.15, 0.2) is 35.0 Å². The second kappa shape index (κ2) is 8.50. The molecule has 0 aromatic carbocycles. The summed E-state index contributed by atoms with van der Waals surface area (Å²) in [6.45, 7) is 9.86. The number of amides is 1. The first-order valence-corrected chi connectivity index (χ1v) is 11.6. The summed E-state index contributed by atoms with van der Waals surface area (Å²) >= 11 is 0. The first-order chi connectivity index (χ1) is 15.6. The zero-order valence-electron chi connectivity index (χ0n) is 19.0. The molecule has 8 nitrogen and oxygen atoms in total. The fourth-order valence-electron chi connectivity index (χ4n) is 4.73. The van der Waals surface area contributed by atoms with Gasteiger partial charge in [0.05, 0.1) is 17.5 Å². The van der Waals surface area contributed by atoms with Crippen molar-refractivity contribution >= 4 is 5.91 Å². The summed E-state index contributed by atoms with van der Waals surface area (Å²) in [7, 11) is 0. The number of aromatic nitrogens is 4. The van der Waals surface area contributed by atoms with E-state index in [1.807, 2.05) is 30.0 Å². The highest BCUT2D eigenvalue weighted by molar-refractivity contribution is 5.95. The maximum absolute atomic E-state index is 13.5. The van der Waals surface area contributed by atoms with Crippen LogP contribution >= 0.6 is 0 Å². The smallest absolute Gasteiger partial charge is 0.257 e. The molecule has 32 heavy (non-hydrogen) atoms. The lowest BCUT2D eigenvalue weighted by Crippen LogP contribution is -2.38. The van der Waals surface area contributed by atoms with E-state index >= 15 is 0 Å². The van der Waals surface area contributed by atoms with Gasteiger partial charge < -0.3 is 9.32 Å². The Morgan fingerprint density at radius 2 is 2.00 bits per heavy atom. The van der Waals surface area contributed by atoms with Crippen LogP contribution in [0.25, 0.3) is 17.4 Å². The second-order valence-electron chi connectivity index (χ2n) is 8.70. The molecule has 1 saturated heterocycles. The van der Waals surface area contributed by atoms with Crippen LogP contribution in [0.4, 0.5) is 0 Å². The molecule has 0 unspecified atom stereocenters. The van der Waals surface area contributed by atoms with E-state index in [1.165, 1.54) is 0 Å². The number of likely N-dealkylation sites (tertiary alicyclic amines) is 1. The van der Waals surface area contributed by atoms with Crippen molar-refractivity contribution in [1.82, 2.24) is 29.5 Å². The van der Waals surface area contributed by atoms with E-state index in [0.29, 0.717) is 34.9 Å². The molecule has 1 aliphatic carbocycles. The molecular weight excluding hydrogens is 404 g/mol. The van der Waals surface area contributed by atoms with Gasteiger partial charge >= 0.3 is 0 Å². The predicted molar refractivity (Wildman–Crippen MR) is 121 cm³/mol. The Labute approximate surface area is 188 Å². The molecule has 0 N–H and O–H groups in total. The molecule has 3 aromatic rings. The lowest BCUT2D eigenvalue weighted by Gasteiger charge is -2.26. The van der Waals surface area contributed by atoms with Crippen LogP contribution in [0.2, 0.25) is 0 Å². The normalized spacial score (nSPS) is 18.6. The minimum Gasteiger partial charge on any atom is -0.460 e. The summed E-state index contributed by atoms with van der Waals surface area (Å²) < 4.78 is 7.48. The van der Waals surface area contributed by atoms with Crippen molar-refractivity contribution in [3.05, 3.63) is 47.6 Å². The van der Waals surface area contributed by atoms with Gasteiger partial charge in [0.25, 0.3) is 11.9 Å². The average Bonchev–Trinajstić information content (AvgIpc) is 3.18. The first-order valence-electron chi connectivity index (χ1n) is 11.6. The third-order valence-electron chi connectivity index (χ3n) is 6.61. The van der Waals surface area contributed by atoms with Gasteiger partial charge in [0.15, 0.2) is 5.76 Å². The average molecular weight is 435 g/mol. The number of hydrogen-bond acceptors (Lipinski definition) is 6. The summed E-state index contributed by atoms with van der Waals surface area (Å²) in [4.78, 5) is 27.0. The molecule has 1 aliphatic heterocycles. The van der Waals surface area contributed by atoms with Gasteiger partial charge in [-0.3, -0.25) is 9.69 Å². The molecular formula is C24H30N6O2. The lowest BCUT2D eigenvalue weighted by atomic mass is 10.1. The largest absolute Gasteiger partial charge is 0.460 e. The summed E-state index contributed by atoms with van der Waals surface area (Å²) in [5.74, 6) is 2.41. The van der Waals surface area contributed by atoms with E-state index < -0.39 is 0 Å². The maximum Gasteiger partial charge on any atom is 0.257 e. The Kier molecular flexibility index (Phi) is 5.55. The van der Waals surface area contributed by atoms with Crippen LogP contribution in [0.5, 0.6) is 0 Å². The van der Waals surface area contributed by atoms with E-state index in [2.05, 4.69) is 33.8 Å². The molecule has 3 aromatic heterocycles. The lowest BCUT2D eigenvalue weighted by molar-refractivity contribution is 0.0776. The summed E-state index contributed by atoms with van der Waals surface area (Å²) in [6, 6.07) is 6.08. The third-order valence-corrected chi connectivity index (χ3v) is 6.61. The van der Waals surface area contributed by atoms with Gasteiger partial charge in [-0.15, -0.1) is 0 Å². The Morgan fingerprint density at radius 1 is 1.19 bits per heavy atom. The van der Waals surface area contributed by atoms with Gasteiger partial charge in [-0.1, -0.05) is 13.8 Å². The zero-order valence-corrected chi connectivity index (χ0v) is 19.0. The number of nitrogens with zero attached hydrogens (tertiary/aromatic N) is 6. The fraction of sp³-hybridized carbons (Fsp3) is 0.500. The van der Waals surface area contributed by atoms with Crippen molar-refractivity contribution in [1.29, 1.82) is 0 Å². The van der Waals surface area contributed by atoms with Crippen LogP contribution in [0.1, 0.15) is 60.8 Å². The van der Waals surface area contributed by atoms with E-state index in [0.717, 1.165) is 56.9 Å². The van der Waals surface area contributed by atoms with Gasteiger partial charge in [0.1, 0.15) is 11.5 Å². The molecule has 0 radical (unpaired) electrons. The van der Waals surface area contributed by atoms with Crippen LogP contribution in [0.3, 0.4) is 0 Å². The fourth-order valence-corrected chi connectivity index (χ4v) is 4.73. The molecule has 1 amide bonds. The first kappa shape index (κ1) is 20.9. The van der Waals surface area contributed by atoms with E-state index in [-0.39, 0.29) is 5.91 Å². The minimum atomic E-state index is 0.0746. The molecule has 168 valence electrons. The number of carbonyl (C=O) groups is 1. The number of aryl methyl sites for hydroxylation is 1. The second-order valence-corrected chi connectivity index (χ2v) is 8.70. The summed E-state index contributed by atoms with van der Waals surface area (Å²) in [6.07, 6.45) is 6.56. The van der Waals surface area contributed by atoms with Crippen LogP contribution in [0, 0.1) is 6.92 Å². The van der Waals surface area contributed by atoms with Gasteiger partial charge in [-0.05, 0) is 57.5 Å². The number of hydrogen-bond donors (Lipinski definition) is 0. The summed E-state index contributed by atoms with van der Waals surface area (Å²) in [5.41, 5.74) is 2.33. The summed E-state index contributed by atoms with van der Waals surface area (Å²) in [5, 5.41) is 4.57. The number of carbonyl (C=O) groups excluding carboxylic acids is 1. The van der Waals surface area contributed by atoms with Gasteiger partial charge in [-0.2, -0.15) is 5.10 Å². The van der Waals surface area contributed by atoms with E-state index in [1.54, 1.807) is 17.1 Å². The molecule has 2 aliphatic rings. The third kappa shape index (κ3) is 3.83. The van der Waals surface area contributed by atoms with Crippen molar-refractivity contribution in [2.75, 3.05) is 26.2 Å². The topological polar surface area (TPSA) is 80.3 Å². The molecule has 5 rings (SSSR count). The van der Waals surface area contributed by atoms with Crippen molar-refractivity contribution in [2.24, 2.45) is 0 Å². The maximum atomic E-state index is 13.5. The standard InChI is InChI=1S/C24H30N6O2/c1-4-28(5-2)18-11-13-29(15-18)23(31)19-14-26-30(22(19)17-7-8-17)24-25-12-10-20(27-24)21-9-6-16(3)32-21/h6,9-10,12,14,17-18H,4-5,7-8,11,13,15H2,1-3H3/t18-/m0/s1. The van der Waals surface area contributed by atoms with Gasteiger partial charge in [-0.25, -0.2) is 14.6 Å². The van der Waals surface area contributed by atoms with Crippen LogP contribution in [-0.2, 0) is 0 Å². The van der Waals surface area contributed by atoms with Gasteiger partial charge in [0, 0.05) is 31.2 Å². The van der Waals surface area contributed by atoms with Crippen molar-refractivity contribution in [3.63, 3.8) is 0 Å². The quantitative estimate of drug-likeness (QED) is 0.565. The minimum absolute atomic E-state index is 0.0746. The van der Waals surface area contributed by atoms with Crippen molar-refractivity contribution < 1.29 is 9.21 Å². The number of rotatable bonds is 7. The molecule has 0 spiro atoms. The van der Waals surface area contributed by atoms with Crippen LogP contribution in [-0.4, -0.2) is 67.7 Å². The highest BCUT2D eigenvalue weighted by Gasteiger charge is 2.37. The zero-order chi connectivity index (χ0) is 22.2. The van der Waals surface area contributed by atoms with Gasteiger partial charge in [0.2, 0.25) is 0 Å². The molecule has 0 bridgehead atoms. The molecule has 4 heterocycles. The van der Waals surface area contributed by atoms with Crippen molar-refractivity contribution in [2.45, 2.75) is 52.0 Å².